The third-order valence-electron chi connectivity index (χ3n) is 3.24. The monoisotopic (exact) mass is 368 g/mol. The van der Waals surface area contributed by atoms with Gasteiger partial charge in [0.05, 0.1) is 22.4 Å². The van der Waals surface area contributed by atoms with E-state index in [0.29, 0.717) is 0 Å². The van der Waals surface area contributed by atoms with Crippen molar-refractivity contribution < 1.29 is 0 Å². The lowest BCUT2D eigenvalue weighted by Gasteiger charge is -2.21. The molecule has 0 amide bonds. The van der Waals surface area contributed by atoms with E-state index in [-0.39, 0.29) is 12.1 Å². The van der Waals surface area contributed by atoms with E-state index in [1.54, 1.807) is 0 Å². The van der Waals surface area contributed by atoms with Crippen molar-refractivity contribution >= 4 is 27.7 Å². The van der Waals surface area contributed by atoms with Crippen molar-refractivity contribution in [1.29, 1.82) is 0 Å². The topological polar surface area (TPSA) is 55.9 Å². The van der Waals surface area contributed by atoms with Crippen LogP contribution < -0.4 is 11.3 Å². The Kier molecular flexibility index (Phi) is 5.87. The second-order valence-corrected chi connectivity index (χ2v) is 7.21. The molecule has 1 atom stereocenters. The minimum absolute atomic E-state index is 0.0926. The summed E-state index contributed by atoms with van der Waals surface area (Å²) in [6.07, 6.45) is 1.82. The Morgan fingerprint density at radius 3 is 2.52 bits per heavy atom. The van der Waals surface area contributed by atoms with E-state index >= 15 is 0 Å². The van der Waals surface area contributed by atoms with Crippen LogP contribution in [0.3, 0.4) is 0 Å². The molecule has 0 radical (unpaired) electrons. The van der Waals surface area contributed by atoms with Crippen molar-refractivity contribution in [2.24, 2.45) is 5.84 Å². The molecule has 1 unspecified atom stereocenters. The van der Waals surface area contributed by atoms with Crippen LogP contribution >= 0.6 is 27.7 Å². The lowest BCUT2D eigenvalue weighted by atomic mass is 10.0. The quantitative estimate of drug-likeness (QED) is 0.461. The highest BCUT2D eigenvalue weighted by atomic mass is 79.9. The number of aromatic nitrogens is 2. The molecule has 0 aliphatic carbocycles. The average Bonchev–Trinajstić information content (AvgIpc) is 2.84. The second kappa shape index (κ2) is 7.45. The molecule has 0 bridgehead atoms. The molecule has 4 nitrogen and oxygen atoms in total. The van der Waals surface area contributed by atoms with E-state index in [4.69, 9.17) is 5.84 Å². The largest absolute Gasteiger partial charge is 0.271 e. The number of benzene rings is 1. The number of halogens is 1. The maximum Gasteiger partial charge on any atom is 0.0889 e. The summed E-state index contributed by atoms with van der Waals surface area (Å²) in [4.78, 5) is 1.27. The Hall–Kier alpha value is -0.820. The lowest BCUT2D eigenvalue weighted by Crippen LogP contribution is -2.31. The number of nitrogens with two attached hydrogens (primary N) is 1. The van der Waals surface area contributed by atoms with Gasteiger partial charge in [0.15, 0.2) is 0 Å². The standard InChI is InChI=1S/C15H21BrN4S/c1-4-21-12-7-5-11(6-8-12)14(19-17)15-13(16)9-18-20(15)10(2)3/h5-10,14,19H,4,17H2,1-3H3. The molecule has 0 saturated heterocycles. The van der Waals surface area contributed by atoms with E-state index < -0.39 is 0 Å². The maximum absolute atomic E-state index is 5.81. The number of rotatable bonds is 6. The first-order valence-electron chi connectivity index (χ1n) is 7.00. The van der Waals surface area contributed by atoms with E-state index in [0.717, 1.165) is 21.5 Å². The minimum Gasteiger partial charge on any atom is -0.271 e. The number of nitrogens with one attached hydrogen (secondary N) is 1. The van der Waals surface area contributed by atoms with Crippen LogP contribution in [0.25, 0.3) is 0 Å². The van der Waals surface area contributed by atoms with E-state index in [2.05, 4.69) is 71.5 Å². The van der Waals surface area contributed by atoms with Crippen LogP contribution in [-0.2, 0) is 0 Å². The summed E-state index contributed by atoms with van der Waals surface area (Å²) in [5, 5.41) is 4.43. The van der Waals surface area contributed by atoms with E-state index in [9.17, 15) is 0 Å². The fourth-order valence-electron chi connectivity index (χ4n) is 2.29. The molecular formula is C15H21BrN4S. The van der Waals surface area contributed by atoms with Crippen molar-refractivity contribution in [2.45, 2.75) is 37.8 Å². The summed E-state index contributed by atoms with van der Waals surface area (Å²) in [5.41, 5.74) is 5.08. The zero-order valence-electron chi connectivity index (χ0n) is 12.5. The van der Waals surface area contributed by atoms with Gasteiger partial charge in [0.2, 0.25) is 0 Å². The zero-order valence-corrected chi connectivity index (χ0v) is 14.9. The van der Waals surface area contributed by atoms with Gasteiger partial charge in [0.25, 0.3) is 0 Å². The highest BCUT2D eigenvalue weighted by Crippen LogP contribution is 2.31. The Balaban J connectivity index is 2.37. The van der Waals surface area contributed by atoms with Crippen molar-refractivity contribution in [2.75, 3.05) is 5.75 Å². The van der Waals surface area contributed by atoms with Crippen LogP contribution in [0.1, 0.15) is 44.1 Å². The fourth-order valence-corrected chi connectivity index (χ4v) is 3.45. The summed E-state index contributed by atoms with van der Waals surface area (Å²) < 4.78 is 2.95. The first-order chi connectivity index (χ1) is 10.1. The van der Waals surface area contributed by atoms with Crippen LogP contribution in [0.4, 0.5) is 0 Å². The predicted molar refractivity (Wildman–Crippen MR) is 92.3 cm³/mol. The van der Waals surface area contributed by atoms with Gasteiger partial charge in [-0.15, -0.1) is 11.8 Å². The molecule has 0 aliphatic rings. The Labute approximate surface area is 138 Å². The number of hydrogen-bond acceptors (Lipinski definition) is 4. The van der Waals surface area contributed by atoms with Crippen molar-refractivity contribution in [3.05, 3.63) is 46.2 Å². The van der Waals surface area contributed by atoms with Gasteiger partial charge in [-0.3, -0.25) is 10.5 Å². The molecule has 0 saturated carbocycles. The van der Waals surface area contributed by atoms with Crippen LogP contribution in [0.15, 0.2) is 39.8 Å². The molecule has 1 aromatic heterocycles. The molecule has 0 aliphatic heterocycles. The number of hydrazine groups is 1. The van der Waals surface area contributed by atoms with Gasteiger partial charge in [-0.05, 0) is 53.2 Å². The highest BCUT2D eigenvalue weighted by Gasteiger charge is 2.22. The molecule has 2 rings (SSSR count). The first kappa shape index (κ1) is 16.5. The van der Waals surface area contributed by atoms with Gasteiger partial charge in [-0.1, -0.05) is 19.1 Å². The Morgan fingerprint density at radius 1 is 1.33 bits per heavy atom. The summed E-state index contributed by atoms with van der Waals surface area (Å²) in [5.74, 6) is 6.89. The van der Waals surface area contributed by atoms with Crippen molar-refractivity contribution in [1.82, 2.24) is 15.2 Å². The third-order valence-corrected chi connectivity index (χ3v) is 4.75. The molecular weight excluding hydrogens is 348 g/mol. The van der Waals surface area contributed by atoms with Gasteiger partial charge in [0, 0.05) is 10.9 Å². The summed E-state index contributed by atoms with van der Waals surface area (Å²) >= 11 is 5.41. The van der Waals surface area contributed by atoms with Crippen LogP contribution in [0, 0.1) is 0 Å². The van der Waals surface area contributed by atoms with E-state index in [1.165, 1.54) is 4.90 Å². The average molecular weight is 369 g/mol. The van der Waals surface area contributed by atoms with Crippen LogP contribution in [0.5, 0.6) is 0 Å². The van der Waals surface area contributed by atoms with Crippen molar-refractivity contribution in [3.63, 3.8) is 0 Å². The molecule has 3 N–H and O–H groups in total. The van der Waals surface area contributed by atoms with Gasteiger partial charge in [-0.25, -0.2) is 5.43 Å². The highest BCUT2D eigenvalue weighted by molar-refractivity contribution is 9.10. The molecule has 1 aromatic carbocycles. The van der Waals surface area contributed by atoms with Gasteiger partial charge in [-0.2, -0.15) is 5.10 Å². The molecule has 1 heterocycles. The van der Waals surface area contributed by atoms with Crippen LogP contribution in [-0.4, -0.2) is 15.5 Å². The second-order valence-electron chi connectivity index (χ2n) is 5.02. The Morgan fingerprint density at radius 2 is 2.00 bits per heavy atom. The number of thioether (sulfide) groups is 1. The molecule has 21 heavy (non-hydrogen) atoms. The van der Waals surface area contributed by atoms with Crippen molar-refractivity contribution in [3.8, 4) is 0 Å². The predicted octanol–water partition coefficient (Wildman–Crippen LogP) is 3.89. The van der Waals surface area contributed by atoms with Gasteiger partial charge < -0.3 is 0 Å². The summed E-state index contributed by atoms with van der Waals surface area (Å²) in [6.45, 7) is 6.37. The zero-order chi connectivity index (χ0) is 15.4. The SMILES string of the molecule is CCSc1ccc(C(NN)c2c(Br)cnn2C(C)C)cc1. The Bertz CT molecular complexity index is 580. The summed E-state index contributed by atoms with van der Waals surface area (Å²) in [6, 6.07) is 8.69. The molecule has 6 heteroatoms. The normalized spacial score (nSPS) is 12.9. The third kappa shape index (κ3) is 3.69. The van der Waals surface area contributed by atoms with E-state index in [1.807, 2.05) is 22.6 Å². The van der Waals surface area contributed by atoms with Gasteiger partial charge in [0.1, 0.15) is 0 Å². The minimum atomic E-state index is -0.0926. The molecule has 2 aromatic rings. The summed E-state index contributed by atoms with van der Waals surface area (Å²) in [7, 11) is 0. The maximum atomic E-state index is 5.81. The molecule has 0 fully saturated rings. The van der Waals surface area contributed by atoms with Crippen LogP contribution in [0.2, 0.25) is 0 Å². The van der Waals surface area contributed by atoms with Gasteiger partial charge >= 0.3 is 0 Å². The molecule has 0 spiro atoms. The number of hydrogen-bond donors (Lipinski definition) is 2. The smallest absolute Gasteiger partial charge is 0.0889 e. The fraction of sp³-hybridized carbons (Fsp3) is 0.400. The lowest BCUT2D eigenvalue weighted by molar-refractivity contribution is 0.475. The first-order valence-corrected chi connectivity index (χ1v) is 8.78. The molecule has 114 valence electrons. The number of nitrogens with zero attached hydrogens (tertiary/aromatic N) is 2.